The summed E-state index contributed by atoms with van der Waals surface area (Å²) in [5.41, 5.74) is 0.287. The summed E-state index contributed by atoms with van der Waals surface area (Å²) in [6.07, 6.45) is 4.96. The van der Waals surface area contributed by atoms with Crippen LogP contribution in [0.4, 0.5) is 0 Å². The summed E-state index contributed by atoms with van der Waals surface area (Å²) in [4.78, 5) is -0.0131. The molecule has 0 radical (unpaired) electrons. The maximum Gasteiger partial charge on any atom is 0.242 e. The first-order valence-corrected chi connectivity index (χ1v) is 9.04. The van der Waals surface area contributed by atoms with Gasteiger partial charge in [0.1, 0.15) is 4.90 Å². The first-order chi connectivity index (χ1) is 9.96. The topological polar surface area (TPSA) is 70.0 Å². The molecule has 1 aromatic carbocycles. The average Bonchev–Trinajstić information content (AvgIpc) is 2.48. The van der Waals surface area contributed by atoms with E-state index in [4.69, 9.17) is 16.9 Å². The van der Waals surface area contributed by atoms with E-state index in [0.717, 1.165) is 32.1 Å². The van der Waals surface area contributed by atoms with Crippen LogP contribution in [0.3, 0.4) is 0 Å². The molecule has 1 saturated carbocycles. The Morgan fingerprint density at radius 3 is 2.57 bits per heavy atom. The van der Waals surface area contributed by atoms with Gasteiger partial charge in [-0.15, -0.1) is 0 Å². The number of nitrogens with one attached hydrogen (secondary N) is 1. The van der Waals surface area contributed by atoms with Crippen molar-refractivity contribution < 1.29 is 8.42 Å². The molecule has 0 spiro atoms. The predicted molar refractivity (Wildman–Crippen MR) is 82.5 cm³/mol. The number of sulfonamides is 1. The summed E-state index contributed by atoms with van der Waals surface area (Å²) < 4.78 is 27.6. The van der Waals surface area contributed by atoms with Crippen LogP contribution in [-0.4, -0.2) is 14.5 Å². The van der Waals surface area contributed by atoms with E-state index in [2.05, 4.69) is 11.6 Å². The maximum absolute atomic E-state index is 12.4. The van der Waals surface area contributed by atoms with Gasteiger partial charge in [-0.25, -0.2) is 13.1 Å². The molecule has 0 unspecified atom stereocenters. The third-order valence-corrected chi connectivity index (χ3v) is 6.10. The van der Waals surface area contributed by atoms with Crippen molar-refractivity contribution >= 4 is 21.6 Å². The molecule has 0 aliphatic heterocycles. The van der Waals surface area contributed by atoms with E-state index in [9.17, 15) is 8.42 Å². The van der Waals surface area contributed by atoms with Crippen molar-refractivity contribution in [3.63, 3.8) is 0 Å². The van der Waals surface area contributed by atoms with Crippen LogP contribution in [0.25, 0.3) is 0 Å². The van der Waals surface area contributed by atoms with Crippen LogP contribution in [0.5, 0.6) is 0 Å². The zero-order chi connectivity index (χ0) is 15.5. The summed E-state index contributed by atoms with van der Waals surface area (Å²) in [6, 6.07) is 6.17. The van der Waals surface area contributed by atoms with Crippen LogP contribution in [0.1, 0.15) is 44.6 Å². The van der Waals surface area contributed by atoms with Gasteiger partial charge in [0.15, 0.2) is 0 Å². The predicted octanol–water partition coefficient (Wildman–Crippen LogP) is 3.46. The van der Waals surface area contributed by atoms with Gasteiger partial charge in [0.05, 0.1) is 16.7 Å². The van der Waals surface area contributed by atoms with E-state index in [0.29, 0.717) is 5.92 Å². The first kappa shape index (κ1) is 16.3. The molecule has 1 N–H and O–H groups in total. The zero-order valence-corrected chi connectivity index (χ0v) is 13.5. The molecule has 114 valence electrons. The molecule has 4 nitrogen and oxygen atoms in total. The molecule has 1 aromatic rings. The lowest BCUT2D eigenvalue weighted by Crippen LogP contribution is -2.37. The fourth-order valence-electron chi connectivity index (χ4n) is 2.75. The summed E-state index contributed by atoms with van der Waals surface area (Å²) in [7, 11) is -3.68. The Balaban J connectivity index is 2.14. The van der Waals surface area contributed by atoms with Crippen LogP contribution >= 0.6 is 11.6 Å². The number of hydrogen-bond acceptors (Lipinski definition) is 3. The zero-order valence-electron chi connectivity index (χ0n) is 12.0. The van der Waals surface area contributed by atoms with Crippen LogP contribution in [-0.2, 0) is 10.0 Å². The first-order valence-electron chi connectivity index (χ1n) is 7.18. The van der Waals surface area contributed by atoms with Crippen molar-refractivity contribution in [3.05, 3.63) is 28.8 Å². The highest BCUT2D eigenvalue weighted by molar-refractivity contribution is 7.89. The van der Waals surface area contributed by atoms with Crippen LogP contribution in [0.2, 0.25) is 5.02 Å². The largest absolute Gasteiger partial charge is 0.242 e. The van der Waals surface area contributed by atoms with Crippen molar-refractivity contribution in [1.82, 2.24) is 4.72 Å². The van der Waals surface area contributed by atoms with Crippen LogP contribution in [0, 0.1) is 17.2 Å². The minimum Gasteiger partial charge on any atom is -0.208 e. The molecule has 0 amide bonds. The monoisotopic (exact) mass is 326 g/mol. The van der Waals surface area contributed by atoms with Gasteiger partial charge in [-0.1, -0.05) is 24.9 Å². The van der Waals surface area contributed by atoms with Gasteiger partial charge in [-0.05, 0) is 49.8 Å². The van der Waals surface area contributed by atoms with E-state index < -0.39 is 10.0 Å². The van der Waals surface area contributed by atoms with Crippen molar-refractivity contribution in [3.8, 4) is 6.07 Å². The maximum atomic E-state index is 12.4. The summed E-state index contributed by atoms with van der Waals surface area (Å²) >= 11 is 5.97. The van der Waals surface area contributed by atoms with Crippen LogP contribution in [0.15, 0.2) is 23.1 Å². The standard InChI is InChI=1S/C15H19ClN2O2S/c1-2-11-3-6-13(7-4-11)18-21(19,20)15-9-12(10-17)5-8-14(15)16/h5,8-9,11,13,18H,2-4,6-7H2,1H3. The SMILES string of the molecule is CCC1CCC(NS(=O)(=O)c2cc(C#N)ccc2Cl)CC1. The third kappa shape index (κ3) is 3.97. The van der Waals surface area contributed by atoms with Gasteiger partial charge in [0.25, 0.3) is 0 Å². The molecule has 1 aliphatic rings. The molecule has 0 aromatic heterocycles. The van der Waals surface area contributed by atoms with Gasteiger partial charge in [0.2, 0.25) is 10.0 Å². The number of hydrogen-bond donors (Lipinski definition) is 1. The molecule has 1 fully saturated rings. The van der Waals surface area contributed by atoms with Crippen molar-refractivity contribution in [2.75, 3.05) is 0 Å². The van der Waals surface area contributed by atoms with Gasteiger partial charge in [-0.3, -0.25) is 0 Å². The second kappa shape index (κ2) is 6.78. The molecule has 0 saturated heterocycles. The molecule has 21 heavy (non-hydrogen) atoms. The van der Waals surface area contributed by atoms with Gasteiger partial charge < -0.3 is 0 Å². The van der Waals surface area contributed by atoms with E-state index in [1.165, 1.54) is 18.2 Å². The van der Waals surface area contributed by atoms with E-state index >= 15 is 0 Å². The molecule has 0 bridgehead atoms. The number of benzene rings is 1. The normalized spacial score (nSPS) is 22.7. The van der Waals surface area contributed by atoms with Crippen molar-refractivity contribution in [2.24, 2.45) is 5.92 Å². The lowest BCUT2D eigenvalue weighted by molar-refractivity contribution is 0.306. The lowest BCUT2D eigenvalue weighted by atomic mass is 9.85. The summed E-state index contributed by atoms with van der Waals surface area (Å²) in [5.74, 6) is 0.705. The number of halogens is 1. The Kier molecular flexibility index (Phi) is 5.26. The molecule has 6 heteroatoms. The highest BCUT2D eigenvalue weighted by Crippen LogP contribution is 2.28. The van der Waals surface area contributed by atoms with E-state index in [1.54, 1.807) is 0 Å². The van der Waals surface area contributed by atoms with E-state index in [1.807, 2.05) is 6.07 Å². The Morgan fingerprint density at radius 1 is 1.33 bits per heavy atom. The second-order valence-electron chi connectivity index (χ2n) is 5.50. The Hall–Kier alpha value is -1.09. The average molecular weight is 327 g/mol. The fraction of sp³-hybridized carbons (Fsp3) is 0.533. The molecule has 0 heterocycles. The number of rotatable bonds is 4. The quantitative estimate of drug-likeness (QED) is 0.921. The lowest BCUT2D eigenvalue weighted by Gasteiger charge is -2.28. The smallest absolute Gasteiger partial charge is 0.208 e. The molecule has 0 atom stereocenters. The van der Waals surface area contributed by atoms with Gasteiger partial charge in [0, 0.05) is 6.04 Å². The van der Waals surface area contributed by atoms with E-state index in [-0.39, 0.29) is 21.5 Å². The van der Waals surface area contributed by atoms with Gasteiger partial charge >= 0.3 is 0 Å². The Morgan fingerprint density at radius 2 is 2.00 bits per heavy atom. The molecule has 1 aliphatic carbocycles. The molecular weight excluding hydrogens is 308 g/mol. The summed E-state index contributed by atoms with van der Waals surface area (Å²) in [6.45, 7) is 2.17. The molecular formula is C15H19ClN2O2S. The highest BCUT2D eigenvalue weighted by atomic mass is 35.5. The minimum absolute atomic E-state index is 0.0131. The van der Waals surface area contributed by atoms with Gasteiger partial charge in [-0.2, -0.15) is 5.26 Å². The number of nitrogens with zero attached hydrogens (tertiary/aromatic N) is 1. The van der Waals surface area contributed by atoms with Crippen molar-refractivity contribution in [2.45, 2.75) is 50.0 Å². The number of nitriles is 1. The summed E-state index contributed by atoms with van der Waals surface area (Å²) in [5, 5.41) is 9.03. The Labute approximate surface area is 131 Å². The van der Waals surface area contributed by atoms with Crippen LogP contribution < -0.4 is 4.72 Å². The highest BCUT2D eigenvalue weighted by Gasteiger charge is 2.26. The second-order valence-corrected chi connectivity index (χ2v) is 7.59. The third-order valence-electron chi connectivity index (χ3n) is 4.10. The fourth-order valence-corrected chi connectivity index (χ4v) is 4.58. The minimum atomic E-state index is -3.68. The Bertz CT molecular complexity index is 644. The molecule has 2 rings (SSSR count). The van der Waals surface area contributed by atoms with Crippen molar-refractivity contribution in [1.29, 1.82) is 5.26 Å².